The van der Waals surface area contributed by atoms with E-state index in [1.165, 1.54) is 32.1 Å². The lowest BCUT2D eigenvalue weighted by molar-refractivity contribution is -0.128. The molecule has 0 aliphatic heterocycles. The van der Waals surface area contributed by atoms with Gasteiger partial charge in [-0.25, -0.2) is 0 Å². The molecule has 3 nitrogen and oxygen atoms in total. The van der Waals surface area contributed by atoms with Gasteiger partial charge in [0.2, 0.25) is 5.91 Å². The number of hydrogen-bond acceptors (Lipinski definition) is 2. The molecule has 4 aliphatic rings. The van der Waals surface area contributed by atoms with E-state index in [2.05, 4.69) is 17.6 Å². The highest BCUT2D eigenvalue weighted by atomic mass is 16.1. The normalized spacial score (nSPS) is 41.3. The molecule has 0 saturated heterocycles. The second kappa shape index (κ2) is 5.43. The molecule has 1 unspecified atom stereocenters. The van der Waals surface area contributed by atoms with Crippen molar-refractivity contribution in [2.24, 2.45) is 29.6 Å². The van der Waals surface area contributed by atoms with Gasteiger partial charge in [0.05, 0.1) is 0 Å². The van der Waals surface area contributed by atoms with Gasteiger partial charge in [-0.2, -0.15) is 0 Å². The summed E-state index contributed by atoms with van der Waals surface area (Å²) in [5.74, 6) is 3.89. The van der Waals surface area contributed by atoms with Crippen molar-refractivity contribution in [1.29, 1.82) is 0 Å². The zero-order valence-corrected chi connectivity index (χ0v) is 12.3. The minimum Gasteiger partial charge on any atom is -0.353 e. The first-order chi connectivity index (χ1) is 9.17. The molecule has 1 atom stereocenters. The van der Waals surface area contributed by atoms with Crippen LogP contribution in [0, 0.1) is 29.6 Å². The lowest BCUT2D eigenvalue weighted by atomic mass is 9.54. The average molecular weight is 264 g/mol. The number of rotatable bonds is 5. The van der Waals surface area contributed by atoms with E-state index in [-0.39, 0.29) is 11.8 Å². The Morgan fingerprint density at radius 3 is 2.21 bits per heavy atom. The van der Waals surface area contributed by atoms with Crippen molar-refractivity contribution >= 4 is 5.91 Å². The zero-order valence-electron chi connectivity index (χ0n) is 12.3. The first kappa shape index (κ1) is 13.4. The summed E-state index contributed by atoms with van der Waals surface area (Å²) >= 11 is 0. The molecule has 4 rings (SSSR count). The second-order valence-electron chi connectivity index (χ2n) is 7.17. The highest BCUT2D eigenvalue weighted by molar-refractivity contribution is 5.78. The van der Waals surface area contributed by atoms with E-state index in [4.69, 9.17) is 0 Å². The Morgan fingerprint density at radius 2 is 1.68 bits per heavy atom. The molecule has 0 spiro atoms. The Hall–Kier alpha value is -0.570. The summed E-state index contributed by atoms with van der Waals surface area (Å²) in [6, 6.07) is 0.490. The summed E-state index contributed by atoms with van der Waals surface area (Å²) in [7, 11) is 0. The fourth-order valence-electron chi connectivity index (χ4n) is 4.92. The molecular weight excluding hydrogens is 236 g/mol. The molecule has 108 valence electrons. The van der Waals surface area contributed by atoms with Gasteiger partial charge in [-0.05, 0) is 62.3 Å². The predicted molar refractivity (Wildman–Crippen MR) is 76.7 cm³/mol. The lowest BCUT2D eigenvalue weighted by Gasteiger charge is -2.54. The van der Waals surface area contributed by atoms with Crippen LogP contribution < -0.4 is 10.6 Å². The molecule has 4 aliphatic carbocycles. The maximum absolute atomic E-state index is 12.3. The summed E-state index contributed by atoms with van der Waals surface area (Å²) in [5.41, 5.74) is 0. The smallest absolute Gasteiger partial charge is 0.224 e. The van der Waals surface area contributed by atoms with Gasteiger partial charge in [0.25, 0.3) is 0 Å². The molecule has 19 heavy (non-hydrogen) atoms. The minimum atomic E-state index is 0.0946. The van der Waals surface area contributed by atoms with Crippen LogP contribution in [0.3, 0.4) is 0 Å². The molecule has 4 saturated carbocycles. The van der Waals surface area contributed by atoms with Gasteiger partial charge in [0.15, 0.2) is 0 Å². The average Bonchev–Trinajstić information content (AvgIpc) is 2.39. The molecular formula is C16H28N2O. The first-order valence-corrected chi connectivity index (χ1v) is 8.18. The third-order valence-corrected chi connectivity index (χ3v) is 5.68. The minimum absolute atomic E-state index is 0.0946. The molecule has 0 aromatic heterocycles. The van der Waals surface area contributed by atoms with Crippen LogP contribution >= 0.6 is 0 Å². The van der Waals surface area contributed by atoms with E-state index in [1.807, 2.05) is 6.92 Å². The third-order valence-electron chi connectivity index (χ3n) is 5.68. The number of carbonyl (C=O) groups is 1. The summed E-state index contributed by atoms with van der Waals surface area (Å²) in [4.78, 5) is 12.3. The van der Waals surface area contributed by atoms with Crippen molar-refractivity contribution in [2.75, 3.05) is 13.1 Å². The van der Waals surface area contributed by atoms with E-state index >= 15 is 0 Å². The van der Waals surface area contributed by atoms with Gasteiger partial charge in [0.1, 0.15) is 0 Å². The van der Waals surface area contributed by atoms with Gasteiger partial charge in [0, 0.05) is 18.5 Å². The van der Waals surface area contributed by atoms with Crippen LogP contribution in [0.15, 0.2) is 0 Å². The van der Waals surface area contributed by atoms with Crippen LogP contribution in [-0.2, 0) is 4.79 Å². The van der Waals surface area contributed by atoms with Crippen LogP contribution in [0.5, 0.6) is 0 Å². The van der Waals surface area contributed by atoms with Crippen molar-refractivity contribution in [3.05, 3.63) is 0 Å². The standard InChI is InChI=1S/C16H28N2O/c1-3-17-9-10(2)16(19)18-15-13-5-11-4-12(7-13)8-14(15)6-11/h10-15,17H,3-9H2,1-2H3,(H,18,19). The Bertz CT molecular complexity index is 314. The Kier molecular flexibility index (Phi) is 3.84. The fraction of sp³-hybridized carbons (Fsp3) is 0.938. The molecule has 3 heteroatoms. The SMILES string of the molecule is CCNCC(C)C(=O)NC1C2CC3CC(C2)CC1C3. The molecule has 2 N–H and O–H groups in total. The fourth-order valence-corrected chi connectivity index (χ4v) is 4.92. The largest absolute Gasteiger partial charge is 0.353 e. The van der Waals surface area contributed by atoms with E-state index in [1.54, 1.807) is 0 Å². The molecule has 0 aromatic carbocycles. The lowest BCUT2D eigenvalue weighted by Crippen LogP contribution is -2.57. The van der Waals surface area contributed by atoms with Crippen molar-refractivity contribution in [2.45, 2.75) is 52.0 Å². The Morgan fingerprint density at radius 1 is 1.11 bits per heavy atom. The number of nitrogens with one attached hydrogen (secondary N) is 2. The molecule has 0 aromatic rings. The first-order valence-electron chi connectivity index (χ1n) is 8.18. The molecule has 1 amide bonds. The topological polar surface area (TPSA) is 41.1 Å². The van der Waals surface area contributed by atoms with Crippen molar-refractivity contribution in [3.8, 4) is 0 Å². The highest BCUT2D eigenvalue weighted by Gasteiger charge is 2.48. The van der Waals surface area contributed by atoms with Crippen molar-refractivity contribution in [3.63, 3.8) is 0 Å². The quantitative estimate of drug-likeness (QED) is 0.799. The summed E-state index contributed by atoms with van der Waals surface area (Å²) in [5, 5.41) is 6.66. The van der Waals surface area contributed by atoms with Crippen LogP contribution in [0.4, 0.5) is 0 Å². The molecule has 0 radical (unpaired) electrons. The Labute approximate surface area is 116 Å². The van der Waals surface area contributed by atoms with Gasteiger partial charge in [-0.3, -0.25) is 4.79 Å². The second-order valence-corrected chi connectivity index (χ2v) is 7.17. The van der Waals surface area contributed by atoms with Crippen molar-refractivity contribution < 1.29 is 4.79 Å². The van der Waals surface area contributed by atoms with Gasteiger partial charge in [-0.15, -0.1) is 0 Å². The maximum atomic E-state index is 12.3. The third kappa shape index (κ3) is 2.67. The number of hydrogen-bond donors (Lipinski definition) is 2. The summed E-state index contributed by atoms with van der Waals surface area (Å²) in [6.45, 7) is 5.86. The van der Waals surface area contributed by atoms with Crippen molar-refractivity contribution in [1.82, 2.24) is 10.6 Å². The summed E-state index contributed by atoms with van der Waals surface area (Å²) < 4.78 is 0. The predicted octanol–water partition coefficient (Wildman–Crippen LogP) is 2.17. The van der Waals surface area contributed by atoms with E-state index in [0.29, 0.717) is 6.04 Å². The molecule has 0 heterocycles. The highest BCUT2D eigenvalue weighted by Crippen LogP contribution is 2.53. The van der Waals surface area contributed by atoms with Crippen LogP contribution in [0.2, 0.25) is 0 Å². The molecule has 4 fully saturated rings. The zero-order chi connectivity index (χ0) is 13.4. The van der Waals surface area contributed by atoms with E-state index in [0.717, 1.165) is 36.8 Å². The monoisotopic (exact) mass is 264 g/mol. The number of amides is 1. The van der Waals surface area contributed by atoms with E-state index in [9.17, 15) is 4.79 Å². The maximum Gasteiger partial charge on any atom is 0.224 e. The molecule has 4 bridgehead atoms. The van der Waals surface area contributed by atoms with Crippen LogP contribution in [0.1, 0.15) is 46.0 Å². The van der Waals surface area contributed by atoms with Gasteiger partial charge >= 0.3 is 0 Å². The van der Waals surface area contributed by atoms with Crippen LogP contribution in [0.25, 0.3) is 0 Å². The van der Waals surface area contributed by atoms with Gasteiger partial charge < -0.3 is 10.6 Å². The number of carbonyl (C=O) groups excluding carboxylic acids is 1. The summed E-state index contributed by atoms with van der Waals surface area (Å²) in [6.07, 6.45) is 6.97. The van der Waals surface area contributed by atoms with E-state index < -0.39 is 0 Å². The van der Waals surface area contributed by atoms with Gasteiger partial charge in [-0.1, -0.05) is 13.8 Å². The Balaban J connectivity index is 1.56. The van der Waals surface area contributed by atoms with Crippen LogP contribution in [-0.4, -0.2) is 25.0 Å².